The van der Waals surface area contributed by atoms with Crippen molar-refractivity contribution < 1.29 is 14.1 Å². The van der Waals surface area contributed by atoms with Crippen LogP contribution in [0.5, 0.6) is 0 Å². The summed E-state index contributed by atoms with van der Waals surface area (Å²) in [6.45, 7) is 3.48. The first kappa shape index (κ1) is 24.7. The average Bonchev–Trinajstić information content (AvgIpc) is 3.54. The Morgan fingerprint density at radius 1 is 1.14 bits per heavy atom. The summed E-state index contributed by atoms with van der Waals surface area (Å²) in [4.78, 5) is 30.5. The van der Waals surface area contributed by atoms with Crippen LogP contribution in [0.4, 0.5) is 17.1 Å². The Morgan fingerprint density at radius 3 is 2.68 bits per heavy atom. The SMILES string of the molecule is Cc1ccc2nc(-c3cc(NC(=S)NC(=O)c4ccc(N5CCCC5)c([N+](=O)[O-])c4)ccc3Cl)oc2c1. The number of oxazole rings is 1. The number of carbonyl (C=O) groups excluding carboxylic acids is 1. The summed E-state index contributed by atoms with van der Waals surface area (Å²) in [5.74, 6) is -0.202. The number of anilines is 2. The molecule has 1 aliphatic heterocycles. The van der Waals surface area contributed by atoms with Gasteiger partial charge in [-0.1, -0.05) is 17.7 Å². The van der Waals surface area contributed by atoms with Crippen LogP contribution in [0.2, 0.25) is 5.02 Å². The van der Waals surface area contributed by atoms with Crippen LogP contribution in [0.25, 0.3) is 22.6 Å². The molecular formula is C26H22ClN5O4S. The molecule has 11 heteroatoms. The summed E-state index contributed by atoms with van der Waals surface area (Å²) >= 11 is 11.7. The van der Waals surface area contributed by atoms with Gasteiger partial charge < -0.3 is 14.6 Å². The van der Waals surface area contributed by atoms with E-state index in [9.17, 15) is 14.9 Å². The summed E-state index contributed by atoms with van der Waals surface area (Å²) in [6.07, 6.45) is 1.97. The fourth-order valence-electron chi connectivity index (χ4n) is 4.29. The highest BCUT2D eigenvalue weighted by Crippen LogP contribution is 2.33. The van der Waals surface area contributed by atoms with E-state index in [1.165, 1.54) is 6.07 Å². The molecule has 1 saturated heterocycles. The fourth-order valence-corrected chi connectivity index (χ4v) is 4.70. The summed E-state index contributed by atoms with van der Waals surface area (Å²) in [5.41, 5.74) is 4.07. The number of nitrogens with one attached hydrogen (secondary N) is 2. The fraction of sp³-hybridized carbons (Fsp3) is 0.192. The molecule has 0 radical (unpaired) electrons. The molecule has 3 aromatic carbocycles. The molecule has 0 atom stereocenters. The number of hydrogen-bond acceptors (Lipinski definition) is 7. The second kappa shape index (κ2) is 10.2. The maximum absolute atomic E-state index is 12.8. The number of amides is 1. The number of carbonyl (C=O) groups is 1. The van der Waals surface area contributed by atoms with Crippen LogP contribution in [-0.2, 0) is 0 Å². The van der Waals surface area contributed by atoms with Crippen LogP contribution < -0.4 is 15.5 Å². The Kier molecular flexibility index (Phi) is 6.77. The first-order valence-corrected chi connectivity index (χ1v) is 12.4. The molecule has 37 heavy (non-hydrogen) atoms. The number of benzene rings is 3. The largest absolute Gasteiger partial charge is 0.436 e. The van der Waals surface area contributed by atoms with Crippen molar-refractivity contribution in [1.82, 2.24) is 10.3 Å². The predicted octanol–water partition coefficient (Wildman–Crippen LogP) is 6.09. The lowest BCUT2D eigenvalue weighted by Crippen LogP contribution is -2.34. The van der Waals surface area contributed by atoms with Crippen molar-refractivity contribution >= 4 is 63.0 Å². The molecule has 0 aliphatic carbocycles. The summed E-state index contributed by atoms with van der Waals surface area (Å²) < 4.78 is 5.89. The van der Waals surface area contributed by atoms with Crippen LogP contribution in [0.1, 0.15) is 28.8 Å². The number of aromatic nitrogens is 1. The first-order valence-electron chi connectivity index (χ1n) is 11.6. The molecule has 1 fully saturated rings. The van der Waals surface area contributed by atoms with Gasteiger partial charge in [0.25, 0.3) is 11.6 Å². The third-order valence-corrected chi connectivity index (χ3v) is 6.64. The van der Waals surface area contributed by atoms with Crippen LogP contribution in [0.3, 0.4) is 0 Å². The van der Waals surface area contributed by atoms with E-state index in [1.807, 2.05) is 30.0 Å². The molecule has 188 valence electrons. The standard InChI is InChI=1S/C26H22ClN5O4S/c1-15-4-8-20-23(12-15)36-25(29-20)18-14-17(6-7-19(18)27)28-26(37)30-24(33)16-5-9-21(22(13-16)32(34)35)31-10-2-3-11-31/h4-9,12-14H,2-3,10-11H2,1H3,(H2,28,30,33,37). The Bertz CT molecular complexity index is 1550. The molecule has 1 aromatic heterocycles. The van der Waals surface area contributed by atoms with Crippen LogP contribution in [0, 0.1) is 17.0 Å². The van der Waals surface area contributed by atoms with Gasteiger partial charge in [0, 0.05) is 30.4 Å². The number of rotatable bonds is 5. The van der Waals surface area contributed by atoms with Gasteiger partial charge in [-0.05, 0) is 80.0 Å². The van der Waals surface area contributed by atoms with Gasteiger partial charge in [-0.15, -0.1) is 0 Å². The number of nitro groups is 1. The van der Waals surface area contributed by atoms with E-state index >= 15 is 0 Å². The number of aryl methyl sites for hydroxylation is 1. The van der Waals surface area contributed by atoms with E-state index in [2.05, 4.69) is 15.6 Å². The molecule has 0 unspecified atom stereocenters. The lowest BCUT2D eigenvalue weighted by Gasteiger charge is -2.18. The molecule has 0 bridgehead atoms. The van der Waals surface area contributed by atoms with Crippen LogP contribution >= 0.6 is 23.8 Å². The van der Waals surface area contributed by atoms with Crippen molar-refractivity contribution in [3.8, 4) is 11.5 Å². The van der Waals surface area contributed by atoms with Crippen molar-refractivity contribution in [3.63, 3.8) is 0 Å². The Balaban J connectivity index is 1.31. The van der Waals surface area contributed by atoms with E-state index in [1.54, 1.807) is 30.3 Å². The average molecular weight is 536 g/mol. The second-order valence-corrected chi connectivity index (χ2v) is 9.56. The third-order valence-electron chi connectivity index (χ3n) is 6.11. The number of thiocarbonyl (C=S) groups is 1. The lowest BCUT2D eigenvalue weighted by atomic mass is 10.1. The van der Waals surface area contributed by atoms with E-state index in [0.29, 0.717) is 39.0 Å². The zero-order valence-corrected chi connectivity index (χ0v) is 21.4. The molecule has 1 amide bonds. The Hall–Kier alpha value is -4.02. The topological polar surface area (TPSA) is 114 Å². The first-order chi connectivity index (χ1) is 17.8. The number of halogens is 1. The molecule has 9 nitrogen and oxygen atoms in total. The van der Waals surface area contributed by atoms with E-state index in [-0.39, 0.29) is 16.4 Å². The summed E-state index contributed by atoms with van der Waals surface area (Å²) in [7, 11) is 0. The van der Waals surface area contributed by atoms with Gasteiger partial charge in [0.2, 0.25) is 5.89 Å². The molecule has 0 saturated carbocycles. The highest BCUT2D eigenvalue weighted by molar-refractivity contribution is 7.80. The van der Waals surface area contributed by atoms with Crippen molar-refractivity contribution in [2.45, 2.75) is 19.8 Å². The maximum Gasteiger partial charge on any atom is 0.293 e. The Labute approximate surface area is 222 Å². The Morgan fingerprint density at radius 2 is 1.92 bits per heavy atom. The highest BCUT2D eigenvalue weighted by atomic mass is 35.5. The number of fused-ring (bicyclic) bond motifs is 1. The number of nitrogens with zero attached hydrogens (tertiary/aromatic N) is 3. The van der Waals surface area contributed by atoms with Gasteiger partial charge in [0.15, 0.2) is 10.7 Å². The maximum atomic E-state index is 12.8. The molecule has 1 aliphatic rings. The van der Waals surface area contributed by atoms with Crippen LogP contribution in [-0.4, -0.2) is 34.0 Å². The summed E-state index contributed by atoms with van der Waals surface area (Å²) in [6, 6.07) is 15.3. The van der Waals surface area contributed by atoms with Gasteiger partial charge in [0.05, 0.1) is 15.5 Å². The number of nitro benzene ring substituents is 1. The quantitative estimate of drug-likeness (QED) is 0.179. The third kappa shape index (κ3) is 5.25. The van der Waals surface area contributed by atoms with E-state index in [4.69, 9.17) is 28.2 Å². The second-order valence-electron chi connectivity index (χ2n) is 8.75. The van der Waals surface area contributed by atoms with E-state index < -0.39 is 10.8 Å². The minimum absolute atomic E-state index is 0.0257. The molecule has 2 N–H and O–H groups in total. The summed E-state index contributed by atoms with van der Waals surface area (Å²) in [5, 5.41) is 17.6. The lowest BCUT2D eigenvalue weighted by molar-refractivity contribution is -0.384. The van der Waals surface area contributed by atoms with Crippen molar-refractivity contribution in [2.75, 3.05) is 23.3 Å². The van der Waals surface area contributed by atoms with Gasteiger partial charge in [-0.3, -0.25) is 20.2 Å². The minimum Gasteiger partial charge on any atom is -0.436 e. The monoisotopic (exact) mass is 535 g/mol. The minimum atomic E-state index is -0.558. The van der Waals surface area contributed by atoms with Crippen molar-refractivity contribution in [3.05, 3.63) is 80.9 Å². The smallest absolute Gasteiger partial charge is 0.293 e. The highest BCUT2D eigenvalue weighted by Gasteiger charge is 2.24. The van der Waals surface area contributed by atoms with Gasteiger partial charge >= 0.3 is 0 Å². The van der Waals surface area contributed by atoms with Gasteiger partial charge in [-0.25, -0.2) is 4.98 Å². The van der Waals surface area contributed by atoms with E-state index in [0.717, 1.165) is 31.5 Å². The van der Waals surface area contributed by atoms with Crippen molar-refractivity contribution in [2.24, 2.45) is 0 Å². The normalized spacial score (nSPS) is 13.1. The van der Waals surface area contributed by atoms with Crippen molar-refractivity contribution in [1.29, 1.82) is 0 Å². The molecular weight excluding hydrogens is 514 g/mol. The molecule has 0 spiro atoms. The van der Waals surface area contributed by atoms with Crippen LogP contribution in [0.15, 0.2) is 59.0 Å². The van der Waals surface area contributed by atoms with Gasteiger partial charge in [0.1, 0.15) is 11.2 Å². The zero-order valence-electron chi connectivity index (χ0n) is 19.8. The molecule has 2 heterocycles. The molecule has 5 rings (SSSR count). The predicted molar refractivity (Wildman–Crippen MR) is 147 cm³/mol. The number of hydrogen-bond donors (Lipinski definition) is 2. The van der Waals surface area contributed by atoms with Gasteiger partial charge in [-0.2, -0.15) is 0 Å². The zero-order chi connectivity index (χ0) is 26.1. The molecule has 4 aromatic rings.